The van der Waals surface area contributed by atoms with Crippen molar-refractivity contribution in [1.29, 1.82) is 0 Å². The van der Waals surface area contributed by atoms with Gasteiger partial charge in [0.1, 0.15) is 0 Å². The Hall–Kier alpha value is -6.98. The van der Waals surface area contributed by atoms with Gasteiger partial charge in [-0.15, -0.1) is 0 Å². The molecule has 0 aliphatic heterocycles. The summed E-state index contributed by atoms with van der Waals surface area (Å²) in [5.74, 6) is 1.84. The first-order valence-corrected chi connectivity index (χ1v) is 16.9. The molecule has 0 spiro atoms. The van der Waals surface area contributed by atoms with Crippen molar-refractivity contribution in [3.63, 3.8) is 0 Å². The molecule has 9 rings (SSSR count). The predicted octanol–water partition coefficient (Wildman–Crippen LogP) is 10.7. The maximum Gasteiger partial charge on any atom is 0.263 e. The van der Waals surface area contributed by atoms with E-state index in [4.69, 9.17) is 15.0 Å². The Labute approximate surface area is 294 Å². The minimum atomic E-state index is -0.0430. The Kier molecular flexibility index (Phi) is 7.56. The number of fused-ring (bicyclic) bond motifs is 3. The lowest BCUT2D eigenvalue weighted by atomic mass is 9.98. The van der Waals surface area contributed by atoms with Crippen molar-refractivity contribution >= 4 is 21.7 Å². The Bertz CT molecular complexity index is 2680. The second-order valence-corrected chi connectivity index (χ2v) is 12.5. The van der Waals surface area contributed by atoms with Crippen molar-refractivity contribution in [2.24, 2.45) is 0 Å². The summed E-state index contributed by atoms with van der Waals surface area (Å²) < 4.78 is 1.83. The van der Waals surface area contributed by atoms with E-state index in [1.54, 1.807) is 0 Å². The first-order chi connectivity index (χ1) is 25.2. The summed E-state index contributed by atoms with van der Waals surface area (Å²) in [6.07, 6.45) is 0. The van der Waals surface area contributed by atoms with Crippen LogP contribution in [0.5, 0.6) is 0 Å². The van der Waals surface area contributed by atoms with Gasteiger partial charge in [-0.05, 0) is 64.0 Å². The van der Waals surface area contributed by atoms with Crippen molar-refractivity contribution in [3.05, 3.63) is 192 Å². The van der Waals surface area contributed by atoms with Gasteiger partial charge in [0, 0.05) is 33.2 Å². The van der Waals surface area contributed by atoms with Gasteiger partial charge in [-0.25, -0.2) is 15.0 Å². The van der Waals surface area contributed by atoms with Gasteiger partial charge < -0.3 is 0 Å². The van der Waals surface area contributed by atoms with Crippen LogP contribution in [0.3, 0.4) is 0 Å². The van der Waals surface area contributed by atoms with Crippen LogP contribution in [0.25, 0.3) is 83.8 Å². The van der Waals surface area contributed by atoms with Crippen LogP contribution in [-0.2, 0) is 0 Å². The van der Waals surface area contributed by atoms with Gasteiger partial charge in [0.05, 0.1) is 5.52 Å². The van der Waals surface area contributed by atoms with Crippen molar-refractivity contribution < 1.29 is 0 Å². The second-order valence-electron chi connectivity index (χ2n) is 12.5. The van der Waals surface area contributed by atoms with E-state index < -0.39 is 0 Å². The first kappa shape index (κ1) is 30.1. The molecule has 51 heavy (non-hydrogen) atoms. The number of hydrogen-bond acceptors (Lipinski definition) is 4. The maximum absolute atomic E-state index is 14.1. The summed E-state index contributed by atoms with van der Waals surface area (Å²) in [5.41, 5.74) is 8.66. The van der Waals surface area contributed by atoms with Crippen LogP contribution in [0, 0.1) is 0 Å². The van der Waals surface area contributed by atoms with Gasteiger partial charge in [0.25, 0.3) is 5.56 Å². The standard InChI is InChI=1S/C46H30N4O/c51-46-40-22-11-10-21-39(40)41-30-36(25-28-42(41)50(46)38-26-23-32(24-27-38)31-13-4-1-5-14-31)35-19-12-20-37(29-35)45-48-43(33-15-6-2-7-16-33)47-44(49-45)34-17-8-3-9-18-34/h1-30H. The van der Waals surface area contributed by atoms with Crippen LogP contribution in [0.4, 0.5) is 0 Å². The number of nitrogens with zero attached hydrogens (tertiary/aromatic N) is 4. The lowest BCUT2D eigenvalue weighted by molar-refractivity contribution is 1.06. The summed E-state index contributed by atoms with van der Waals surface area (Å²) in [6.45, 7) is 0. The summed E-state index contributed by atoms with van der Waals surface area (Å²) in [5, 5.41) is 2.60. The highest BCUT2D eigenvalue weighted by atomic mass is 16.1. The van der Waals surface area contributed by atoms with E-state index in [9.17, 15) is 4.79 Å². The van der Waals surface area contributed by atoms with Crippen molar-refractivity contribution in [2.75, 3.05) is 0 Å². The Morgan fingerprint density at radius 1 is 0.333 bits per heavy atom. The van der Waals surface area contributed by atoms with E-state index in [0.29, 0.717) is 22.9 Å². The first-order valence-electron chi connectivity index (χ1n) is 16.9. The highest BCUT2D eigenvalue weighted by molar-refractivity contribution is 6.07. The summed E-state index contributed by atoms with van der Waals surface area (Å²) in [7, 11) is 0. The molecule has 0 fully saturated rings. The average Bonchev–Trinajstić information content (AvgIpc) is 3.22. The molecule has 0 radical (unpaired) electrons. The molecule has 0 unspecified atom stereocenters. The van der Waals surface area contributed by atoms with Crippen molar-refractivity contribution in [2.45, 2.75) is 0 Å². The molecule has 0 atom stereocenters. The smallest absolute Gasteiger partial charge is 0.263 e. The van der Waals surface area contributed by atoms with Crippen LogP contribution in [0.15, 0.2) is 187 Å². The van der Waals surface area contributed by atoms with Crippen molar-refractivity contribution in [3.8, 4) is 62.1 Å². The van der Waals surface area contributed by atoms with Crippen LogP contribution in [0.2, 0.25) is 0 Å². The largest absolute Gasteiger partial charge is 0.276 e. The monoisotopic (exact) mass is 654 g/mol. The molecule has 0 amide bonds. The number of aromatic nitrogens is 4. The van der Waals surface area contributed by atoms with Crippen LogP contribution in [-0.4, -0.2) is 19.5 Å². The number of rotatable bonds is 6. The third-order valence-electron chi connectivity index (χ3n) is 9.27. The third kappa shape index (κ3) is 5.67. The summed E-state index contributed by atoms with van der Waals surface area (Å²) in [4.78, 5) is 28.8. The molecule has 0 aliphatic rings. The van der Waals surface area contributed by atoms with Gasteiger partial charge in [-0.2, -0.15) is 0 Å². The quantitative estimate of drug-likeness (QED) is 0.167. The predicted molar refractivity (Wildman–Crippen MR) is 208 cm³/mol. The van der Waals surface area contributed by atoms with Gasteiger partial charge in [-0.3, -0.25) is 9.36 Å². The lowest BCUT2D eigenvalue weighted by Gasteiger charge is -2.15. The molecule has 0 saturated heterocycles. The van der Waals surface area contributed by atoms with Gasteiger partial charge in [-0.1, -0.05) is 146 Å². The molecule has 2 aromatic heterocycles. The molecule has 9 aromatic rings. The third-order valence-corrected chi connectivity index (χ3v) is 9.27. The molecule has 0 saturated carbocycles. The zero-order valence-electron chi connectivity index (χ0n) is 27.5. The second kappa shape index (κ2) is 12.8. The van der Waals surface area contributed by atoms with Gasteiger partial charge >= 0.3 is 0 Å². The number of benzene rings is 7. The van der Waals surface area contributed by atoms with Gasteiger partial charge in [0.15, 0.2) is 17.5 Å². The minimum absolute atomic E-state index is 0.0430. The van der Waals surface area contributed by atoms with Crippen LogP contribution in [0.1, 0.15) is 0 Å². The van der Waals surface area contributed by atoms with Crippen molar-refractivity contribution in [1.82, 2.24) is 19.5 Å². The van der Waals surface area contributed by atoms with E-state index in [1.165, 1.54) is 0 Å². The fourth-order valence-electron chi connectivity index (χ4n) is 6.73. The molecule has 2 heterocycles. The SMILES string of the molecule is O=c1c2ccccc2c2cc(-c3cccc(-c4nc(-c5ccccc5)nc(-c5ccccc5)n4)c3)ccc2n1-c1ccc(-c2ccccc2)cc1. The highest BCUT2D eigenvalue weighted by Crippen LogP contribution is 2.33. The molecular formula is C46H30N4O. The van der Waals surface area contributed by atoms with Crippen LogP contribution >= 0.6 is 0 Å². The van der Waals surface area contributed by atoms with E-state index in [2.05, 4.69) is 54.6 Å². The van der Waals surface area contributed by atoms with Crippen LogP contribution < -0.4 is 5.56 Å². The molecule has 5 heteroatoms. The number of hydrogen-bond donors (Lipinski definition) is 0. The zero-order chi connectivity index (χ0) is 34.1. The minimum Gasteiger partial charge on any atom is -0.276 e. The fourth-order valence-corrected chi connectivity index (χ4v) is 6.73. The van der Waals surface area contributed by atoms with E-state index in [-0.39, 0.29) is 5.56 Å². The van der Waals surface area contributed by atoms with E-state index >= 15 is 0 Å². The molecular weight excluding hydrogens is 625 g/mol. The normalized spacial score (nSPS) is 11.2. The average molecular weight is 655 g/mol. The lowest BCUT2D eigenvalue weighted by Crippen LogP contribution is -2.19. The Morgan fingerprint density at radius 2 is 0.784 bits per heavy atom. The molecule has 0 aliphatic carbocycles. The van der Waals surface area contributed by atoms with E-state index in [0.717, 1.165) is 60.9 Å². The van der Waals surface area contributed by atoms with E-state index in [1.807, 2.05) is 132 Å². The summed E-state index contributed by atoms with van der Waals surface area (Å²) in [6, 6.07) is 60.9. The topological polar surface area (TPSA) is 60.7 Å². The Morgan fingerprint density at radius 3 is 1.41 bits per heavy atom. The van der Waals surface area contributed by atoms with Gasteiger partial charge in [0.2, 0.25) is 0 Å². The number of pyridine rings is 1. The molecule has 0 N–H and O–H groups in total. The molecule has 0 bridgehead atoms. The molecule has 5 nitrogen and oxygen atoms in total. The molecule has 7 aromatic carbocycles. The fraction of sp³-hybridized carbons (Fsp3) is 0. The highest BCUT2D eigenvalue weighted by Gasteiger charge is 2.16. The zero-order valence-corrected chi connectivity index (χ0v) is 27.5. The summed E-state index contributed by atoms with van der Waals surface area (Å²) >= 11 is 0. The maximum atomic E-state index is 14.1. The Balaban J connectivity index is 1.17. The molecule has 240 valence electrons.